The highest BCUT2D eigenvalue weighted by Gasteiger charge is 2.08. The minimum Gasteiger partial charge on any atom is -0.396 e. The van der Waals surface area contributed by atoms with E-state index in [1.165, 1.54) is 0 Å². The summed E-state index contributed by atoms with van der Waals surface area (Å²) in [6.45, 7) is 9.89. The van der Waals surface area contributed by atoms with E-state index in [-0.39, 0.29) is 12.5 Å². The van der Waals surface area contributed by atoms with E-state index in [9.17, 15) is 0 Å². The van der Waals surface area contributed by atoms with Crippen LogP contribution in [0.15, 0.2) is 6.07 Å². The van der Waals surface area contributed by atoms with Crippen LogP contribution >= 0.6 is 0 Å². The number of anilines is 2. The van der Waals surface area contributed by atoms with Crippen molar-refractivity contribution in [1.29, 1.82) is 0 Å². The molecule has 5 heteroatoms. The standard InChI is InChI=1S/C13H24N4O/c1-5-14-11-6-12(15-7-10(4)8-18)17-13(16-11)9(2)3/h6,9-10,18H,5,7-8H2,1-4H3,(H2,14,15,16,17). The van der Waals surface area contributed by atoms with Crippen LogP contribution in [0.1, 0.15) is 39.4 Å². The summed E-state index contributed by atoms with van der Waals surface area (Å²) in [6.07, 6.45) is 0. The number of rotatable bonds is 7. The van der Waals surface area contributed by atoms with Crippen LogP contribution in [0.25, 0.3) is 0 Å². The van der Waals surface area contributed by atoms with Gasteiger partial charge in [-0.05, 0) is 12.8 Å². The van der Waals surface area contributed by atoms with Gasteiger partial charge >= 0.3 is 0 Å². The van der Waals surface area contributed by atoms with E-state index < -0.39 is 0 Å². The Morgan fingerprint density at radius 2 is 1.78 bits per heavy atom. The molecule has 1 aromatic rings. The smallest absolute Gasteiger partial charge is 0.135 e. The molecule has 1 aromatic heterocycles. The van der Waals surface area contributed by atoms with Gasteiger partial charge in [-0.1, -0.05) is 20.8 Å². The summed E-state index contributed by atoms with van der Waals surface area (Å²) in [7, 11) is 0. The SMILES string of the molecule is CCNc1cc(NCC(C)CO)nc(C(C)C)n1. The average Bonchev–Trinajstić information content (AvgIpc) is 2.36. The molecule has 1 rings (SSSR count). The van der Waals surface area contributed by atoms with Crippen LogP contribution in [0.2, 0.25) is 0 Å². The monoisotopic (exact) mass is 252 g/mol. The summed E-state index contributed by atoms with van der Waals surface area (Å²) in [6, 6.07) is 1.90. The second-order valence-electron chi connectivity index (χ2n) is 4.85. The van der Waals surface area contributed by atoms with Crippen molar-refractivity contribution in [2.45, 2.75) is 33.6 Å². The molecule has 1 atom stereocenters. The average molecular weight is 252 g/mol. The summed E-state index contributed by atoms with van der Waals surface area (Å²) < 4.78 is 0. The molecular weight excluding hydrogens is 228 g/mol. The minimum absolute atomic E-state index is 0.176. The molecule has 0 amide bonds. The fraction of sp³-hybridized carbons (Fsp3) is 0.692. The first kappa shape index (κ1) is 14.7. The molecule has 0 radical (unpaired) electrons. The largest absolute Gasteiger partial charge is 0.396 e. The predicted octanol–water partition coefficient (Wildman–Crippen LogP) is 2.07. The first-order valence-electron chi connectivity index (χ1n) is 6.54. The number of hydrogen-bond acceptors (Lipinski definition) is 5. The molecule has 0 saturated heterocycles. The van der Waals surface area contributed by atoms with Crippen LogP contribution < -0.4 is 10.6 Å². The van der Waals surface area contributed by atoms with Crippen molar-refractivity contribution in [3.8, 4) is 0 Å². The Kier molecular flexibility index (Phi) is 5.85. The van der Waals surface area contributed by atoms with Crippen LogP contribution in [0.4, 0.5) is 11.6 Å². The highest BCUT2D eigenvalue weighted by molar-refractivity contribution is 5.47. The zero-order valence-corrected chi connectivity index (χ0v) is 11.7. The minimum atomic E-state index is 0.176. The van der Waals surface area contributed by atoms with Gasteiger partial charge in [0.1, 0.15) is 17.5 Å². The molecule has 0 aliphatic carbocycles. The topological polar surface area (TPSA) is 70.1 Å². The van der Waals surface area contributed by atoms with Gasteiger partial charge in [0.05, 0.1) is 0 Å². The van der Waals surface area contributed by atoms with Gasteiger partial charge in [-0.2, -0.15) is 0 Å². The van der Waals surface area contributed by atoms with Crippen LogP contribution in [0.3, 0.4) is 0 Å². The fourth-order valence-corrected chi connectivity index (χ4v) is 1.43. The molecule has 0 fully saturated rings. The number of aliphatic hydroxyl groups is 1. The Morgan fingerprint density at radius 1 is 1.17 bits per heavy atom. The van der Waals surface area contributed by atoms with E-state index >= 15 is 0 Å². The third kappa shape index (κ3) is 4.49. The Hall–Kier alpha value is -1.36. The highest BCUT2D eigenvalue weighted by Crippen LogP contribution is 2.17. The fourth-order valence-electron chi connectivity index (χ4n) is 1.43. The molecule has 3 N–H and O–H groups in total. The van der Waals surface area contributed by atoms with Gasteiger partial charge < -0.3 is 15.7 Å². The first-order valence-corrected chi connectivity index (χ1v) is 6.54. The van der Waals surface area contributed by atoms with E-state index in [1.807, 2.05) is 19.9 Å². The molecule has 0 aromatic carbocycles. The van der Waals surface area contributed by atoms with Crippen molar-refractivity contribution in [2.75, 3.05) is 30.3 Å². The van der Waals surface area contributed by atoms with Crippen LogP contribution in [0, 0.1) is 5.92 Å². The van der Waals surface area contributed by atoms with Gasteiger partial charge in [0.15, 0.2) is 0 Å². The molecule has 102 valence electrons. The zero-order chi connectivity index (χ0) is 13.5. The van der Waals surface area contributed by atoms with E-state index in [4.69, 9.17) is 5.11 Å². The third-order valence-electron chi connectivity index (χ3n) is 2.56. The lowest BCUT2D eigenvalue weighted by Crippen LogP contribution is -2.16. The Labute approximate surface area is 109 Å². The van der Waals surface area contributed by atoms with Crippen molar-refractivity contribution in [1.82, 2.24) is 9.97 Å². The molecule has 0 bridgehead atoms. The second-order valence-corrected chi connectivity index (χ2v) is 4.85. The maximum atomic E-state index is 9.01. The predicted molar refractivity (Wildman–Crippen MR) is 75.0 cm³/mol. The maximum absolute atomic E-state index is 9.01. The summed E-state index contributed by atoms with van der Waals surface area (Å²) in [5.74, 6) is 2.98. The van der Waals surface area contributed by atoms with Crippen molar-refractivity contribution in [3.05, 3.63) is 11.9 Å². The van der Waals surface area contributed by atoms with Crippen LogP contribution in [-0.2, 0) is 0 Å². The Balaban J connectivity index is 2.82. The molecule has 5 nitrogen and oxygen atoms in total. The van der Waals surface area contributed by atoms with E-state index in [1.54, 1.807) is 0 Å². The quantitative estimate of drug-likeness (QED) is 0.693. The lowest BCUT2D eigenvalue weighted by molar-refractivity contribution is 0.244. The summed E-state index contributed by atoms with van der Waals surface area (Å²) >= 11 is 0. The van der Waals surface area contributed by atoms with Crippen molar-refractivity contribution >= 4 is 11.6 Å². The number of nitrogens with one attached hydrogen (secondary N) is 2. The Morgan fingerprint density at radius 3 is 2.28 bits per heavy atom. The summed E-state index contributed by atoms with van der Waals surface area (Å²) in [4.78, 5) is 8.94. The van der Waals surface area contributed by atoms with Crippen LogP contribution in [0.5, 0.6) is 0 Å². The molecule has 0 aliphatic heterocycles. The molecule has 1 unspecified atom stereocenters. The number of aromatic nitrogens is 2. The normalized spacial score (nSPS) is 12.6. The Bertz CT molecular complexity index is 368. The van der Waals surface area contributed by atoms with Crippen molar-refractivity contribution in [2.24, 2.45) is 5.92 Å². The lowest BCUT2D eigenvalue weighted by Gasteiger charge is -2.14. The van der Waals surface area contributed by atoms with Gasteiger partial charge in [0, 0.05) is 31.7 Å². The maximum Gasteiger partial charge on any atom is 0.135 e. The number of nitrogens with zero attached hydrogens (tertiary/aromatic N) is 2. The number of hydrogen-bond donors (Lipinski definition) is 3. The first-order chi connectivity index (χ1) is 8.56. The molecule has 0 spiro atoms. The lowest BCUT2D eigenvalue weighted by atomic mass is 10.2. The highest BCUT2D eigenvalue weighted by atomic mass is 16.3. The van der Waals surface area contributed by atoms with E-state index in [0.29, 0.717) is 12.5 Å². The molecular formula is C13H24N4O. The third-order valence-corrected chi connectivity index (χ3v) is 2.56. The molecule has 0 saturated carbocycles. The van der Waals surface area contributed by atoms with E-state index in [2.05, 4.69) is 34.4 Å². The molecule has 1 heterocycles. The van der Waals surface area contributed by atoms with Crippen molar-refractivity contribution < 1.29 is 5.11 Å². The molecule has 0 aliphatic rings. The van der Waals surface area contributed by atoms with Gasteiger partial charge in [-0.25, -0.2) is 9.97 Å². The van der Waals surface area contributed by atoms with Gasteiger partial charge in [0.2, 0.25) is 0 Å². The van der Waals surface area contributed by atoms with E-state index in [0.717, 1.165) is 24.0 Å². The van der Waals surface area contributed by atoms with Gasteiger partial charge in [-0.3, -0.25) is 0 Å². The summed E-state index contributed by atoms with van der Waals surface area (Å²) in [5, 5.41) is 15.5. The summed E-state index contributed by atoms with van der Waals surface area (Å²) in [5.41, 5.74) is 0. The molecule has 18 heavy (non-hydrogen) atoms. The van der Waals surface area contributed by atoms with Crippen LogP contribution in [-0.4, -0.2) is 34.8 Å². The van der Waals surface area contributed by atoms with Crippen molar-refractivity contribution in [3.63, 3.8) is 0 Å². The van der Waals surface area contributed by atoms with Gasteiger partial charge in [0.25, 0.3) is 0 Å². The number of aliphatic hydroxyl groups excluding tert-OH is 1. The van der Waals surface area contributed by atoms with Gasteiger partial charge in [-0.15, -0.1) is 0 Å². The zero-order valence-electron chi connectivity index (χ0n) is 11.7. The second kappa shape index (κ2) is 7.16.